The van der Waals surface area contributed by atoms with Gasteiger partial charge in [0.1, 0.15) is 11.3 Å². The molecule has 1 amide bonds. The number of carbonyl (C=O) groups is 1. The minimum absolute atomic E-state index is 0.202. The largest absolute Gasteiger partial charge is 0.492 e. The van der Waals surface area contributed by atoms with E-state index in [0.717, 1.165) is 17.5 Å². The van der Waals surface area contributed by atoms with Gasteiger partial charge in [-0.3, -0.25) is 14.4 Å². The first-order valence-electron chi connectivity index (χ1n) is 12.8. The predicted octanol–water partition coefficient (Wildman–Crippen LogP) is 4.66. The Morgan fingerprint density at radius 2 is 1.89 bits per heavy atom. The second-order valence-electron chi connectivity index (χ2n) is 9.37. The summed E-state index contributed by atoms with van der Waals surface area (Å²) in [6.45, 7) is 6.44. The van der Waals surface area contributed by atoms with Gasteiger partial charge in [0.15, 0.2) is 5.13 Å². The average Bonchev–Trinajstić information content (AvgIpc) is 3.60. The number of hydrogen-bond donors (Lipinski definition) is 0. The first-order chi connectivity index (χ1) is 18.4. The maximum atomic E-state index is 13.8. The summed E-state index contributed by atoms with van der Waals surface area (Å²) in [5, 5.41) is 4.80. The van der Waals surface area contributed by atoms with Gasteiger partial charge in [-0.05, 0) is 68.1 Å². The van der Waals surface area contributed by atoms with Crippen molar-refractivity contribution in [3.63, 3.8) is 0 Å². The van der Waals surface area contributed by atoms with E-state index >= 15 is 0 Å². The summed E-state index contributed by atoms with van der Waals surface area (Å²) in [4.78, 5) is 20.4. The maximum Gasteiger partial charge on any atom is 0.260 e. The van der Waals surface area contributed by atoms with E-state index in [-0.39, 0.29) is 10.8 Å². The number of anilines is 1. The van der Waals surface area contributed by atoms with E-state index in [0.29, 0.717) is 60.7 Å². The van der Waals surface area contributed by atoms with Crippen LogP contribution in [0.25, 0.3) is 10.2 Å². The van der Waals surface area contributed by atoms with Crippen LogP contribution in [-0.4, -0.2) is 59.6 Å². The predicted molar refractivity (Wildman–Crippen MR) is 148 cm³/mol. The quantitative estimate of drug-likeness (QED) is 0.299. The third kappa shape index (κ3) is 5.45. The summed E-state index contributed by atoms with van der Waals surface area (Å²) in [6, 6.07) is 13.8. The number of carbonyl (C=O) groups excluding carboxylic acids is 1. The fourth-order valence-corrected chi connectivity index (χ4v) is 7.00. The average molecular weight is 554 g/mol. The summed E-state index contributed by atoms with van der Waals surface area (Å²) >= 11 is 1.41. The number of sulfonamides is 1. The highest BCUT2D eigenvalue weighted by Crippen LogP contribution is 2.35. The molecule has 0 N–H and O–H groups in total. The van der Waals surface area contributed by atoms with E-state index in [9.17, 15) is 13.2 Å². The number of benzene rings is 2. The maximum absolute atomic E-state index is 13.8. The second kappa shape index (κ2) is 11.2. The normalized spacial score (nSPS) is 15.1. The highest BCUT2D eigenvalue weighted by atomic mass is 32.2. The molecule has 200 valence electrons. The summed E-state index contributed by atoms with van der Waals surface area (Å²) < 4.78 is 36.3. The summed E-state index contributed by atoms with van der Waals surface area (Å²) in [5.41, 5.74) is 1.10. The molecule has 0 saturated carbocycles. The van der Waals surface area contributed by atoms with Gasteiger partial charge in [0, 0.05) is 37.6 Å². The van der Waals surface area contributed by atoms with E-state index in [1.807, 2.05) is 37.4 Å². The molecule has 9 nitrogen and oxygen atoms in total. The fourth-order valence-electron chi connectivity index (χ4n) is 4.52. The number of hydrogen-bond acceptors (Lipinski definition) is 7. The highest BCUT2D eigenvalue weighted by molar-refractivity contribution is 7.89. The summed E-state index contributed by atoms with van der Waals surface area (Å²) in [6.07, 6.45) is 5.25. The van der Waals surface area contributed by atoms with Gasteiger partial charge in [-0.15, -0.1) is 0 Å². The van der Waals surface area contributed by atoms with Crippen LogP contribution in [0.1, 0.15) is 37.0 Å². The smallest absolute Gasteiger partial charge is 0.260 e. The van der Waals surface area contributed by atoms with Crippen molar-refractivity contribution < 1.29 is 17.9 Å². The molecule has 2 aromatic carbocycles. The zero-order chi connectivity index (χ0) is 26.7. The van der Waals surface area contributed by atoms with Gasteiger partial charge in [-0.2, -0.15) is 9.40 Å². The van der Waals surface area contributed by atoms with Crippen LogP contribution in [0, 0.1) is 5.92 Å². The fraction of sp³-hybridized carbons (Fsp3) is 0.370. The lowest BCUT2D eigenvalue weighted by molar-refractivity contribution is 0.0985. The lowest BCUT2D eigenvalue weighted by Gasteiger charge is -2.29. The van der Waals surface area contributed by atoms with Crippen molar-refractivity contribution in [3.8, 4) is 5.75 Å². The molecule has 3 heterocycles. The number of fused-ring (bicyclic) bond motifs is 1. The molecule has 2 aromatic heterocycles. The number of nitrogens with zero attached hydrogens (tertiary/aromatic N) is 5. The van der Waals surface area contributed by atoms with Crippen LogP contribution < -0.4 is 9.64 Å². The van der Waals surface area contributed by atoms with Crippen LogP contribution in [0.3, 0.4) is 0 Å². The molecule has 11 heteroatoms. The molecule has 0 radical (unpaired) electrons. The summed E-state index contributed by atoms with van der Waals surface area (Å²) in [5.74, 6) is 0.944. The van der Waals surface area contributed by atoms with Crippen molar-refractivity contribution in [1.29, 1.82) is 0 Å². The molecule has 5 rings (SSSR count). The number of ether oxygens (including phenoxy) is 1. The number of aromatic nitrogens is 3. The number of rotatable bonds is 9. The van der Waals surface area contributed by atoms with E-state index in [1.54, 1.807) is 27.9 Å². The van der Waals surface area contributed by atoms with Gasteiger partial charge in [0.25, 0.3) is 5.91 Å². The van der Waals surface area contributed by atoms with Crippen LogP contribution >= 0.6 is 11.3 Å². The molecule has 1 fully saturated rings. The van der Waals surface area contributed by atoms with Crippen molar-refractivity contribution in [2.75, 3.05) is 31.1 Å². The monoisotopic (exact) mass is 553 g/mol. The van der Waals surface area contributed by atoms with E-state index < -0.39 is 10.0 Å². The van der Waals surface area contributed by atoms with Crippen molar-refractivity contribution >= 4 is 42.6 Å². The zero-order valence-electron chi connectivity index (χ0n) is 21.5. The zero-order valence-corrected chi connectivity index (χ0v) is 23.1. The lowest BCUT2D eigenvalue weighted by Crippen LogP contribution is -2.38. The van der Waals surface area contributed by atoms with Gasteiger partial charge in [0.05, 0.1) is 22.7 Å². The molecular weight excluding hydrogens is 522 g/mol. The van der Waals surface area contributed by atoms with Crippen LogP contribution in [0.4, 0.5) is 5.13 Å². The Balaban J connectivity index is 1.43. The van der Waals surface area contributed by atoms with Crippen molar-refractivity contribution in [2.45, 2.75) is 38.1 Å². The van der Waals surface area contributed by atoms with E-state index in [2.05, 4.69) is 12.0 Å². The molecule has 38 heavy (non-hydrogen) atoms. The second-order valence-corrected chi connectivity index (χ2v) is 12.3. The topological polar surface area (TPSA) is 97.6 Å². The molecule has 1 saturated heterocycles. The van der Waals surface area contributed by atoms with Gasteiger partial charge >= 0.3 is 0 Å². The van der Waals surface area contributed by atoms with Gasteiger partial charge in [-0.1, -0.05) is 24.3 Å². The molecule has 0 unspecified atom stereocenters. The number of amides is 1. The van der Waals surface area contributed by atoms with Crippen molar-refractivity contribution in [1.82, 2.24) is 19.1 Å². The molecule has 0 aliphatic carbocycles. The van der Waals surface area contributed by atoms with Gasteiger partial charge in [-0.25, -0.2) is 13.4 Å². The molecule has 1 aliphatic heterocycles. The third-order valence-electron chi connectivity index (χ3n) is 6.74. The third-order valence-corrected chi connectivity index (χ3v) is 9.70. The molecule has 0 atom stereocenters. The van der Waals surface area contributed by atoms with E-state index in [4.69, 9.17) is 9.72 Å². The van der Waals surface area contributed by atoms with Crippen LogP contribution in [-0.2, 0) is 16.6 Å². The van der Waals surface area contributed by atoms with Crippen LogP contribution in [0.2, 0.25) is 0 Å². The highest BCUT2D eigenvalue weighted by Gasteiger charge is 2.29. The Labute approximate surface area is 226 Å². The van der Waals surface area contributed by atoms with Crippen LogP contribution in [0.5, 0.6) is 5.75 Å². The molecular formula is C27H31N5O4S2. The SMILES string of the molecule is CCOc1cccc2sc(N(CCn3cccn3)C(=O)c3ccc(S(=O)(=O)N4CCC(C)CC4)cc3)nc12. The van der Waals surface area contributed by atoms with Crippen molar-refractivity contribution in [2.24, 2.45) is 5.92 Å². The standard InChI is InChI=1S/C27H31N5O4S2/c1-3-36-23-6-4-7-24-25(23)29-27(37-24)32(19-18-30-15-5-14-28-30)26(33)21-8-10-22(11-9-21)38(34,35)31-16-12-20(2)13-17-31/h4-11,14-15,20H,3,12-13,16-19H2,1-2H3. The van der Waals surface area contributed by atoms with E-state index in [1.165, 1.54) is 27.8 Å². The Morgan fingerprint density at radius 3 is 2.58 bits per heavy atom. The van der Waals surface area contributed by atoms with Crippen molar-refractivity contribution in [3.05, 3.63) is 66.5 Å². The Bertz CT molecular complexity index is 1490. The molecule has 4 aromatic rings. The Hall–Kier alpha value is -3.28. The number of thiazole rings is 1. The first-order valence-corrected chi connectivity index (χ1v) is 15.0. The number of para-hydroxylation sites is 1. The lowest BCUT2D eigenvalue weighted by atomic mass is 10.0. The minimum atomic E-state index is -3.60. The summed E-state index contributed by atoms with van der Waals surface area (Å²) in [7, 11) is -3.60. The minimum Gasteiger partial charge on any atom is -0.492 e. The molecule has 0 spiro atoms. The van der Waals surface area contributed by atoms with Gasteiger partial charge in [0.2, 0.25) is 10.0 Å². The first kappa shape index (κ1) is 26.3. The Morgan fingerprint density at radius 1 is 1.13 bits per heavy atom. The molecule has 1 aliphatic rings. The van der Waals surface area contributed by atoms with Crippen LogP contribution in [0.15, 0.2) is 65.8 Å². The number of piperidine rings is 1. The van der Waals surface area contributed by atoms with Gasteiger partial charge < -0.3 is 4.74 Å². The molecule has 0 bridgehead atoms. The Kier molecular flexibility index (Phi) is 7.78.